The second-order valence-electron chi connectivity index (χ2n) is 8.10. The zero-order valence-corrected chi connectivity index (χ0v) is 17.5. The number of alkyl halides is 3. The van der Waals surface area contributed by atoms with Gasteiger partial charge in [0, 0.05) is 12.7 Å². The SMILES string of the molecule is CC1(C)O[C@@H]2[C@@H](Nc3ccnc(C(F)(F)F)n3)CN(C(=O)OCc3ccccc3)C[C@@H]2O1. The Bertz CT molecular complexity index is 958. The van der Waals surface area contributed by atoms with E-state index in [9.17, 15) is 18.0 Å². The quantitative estimate of drug-likeness (QED) is 0.761. The Balaban J connectivity index is 1.49. The van der Waals surface area contributed by atoms with Crippen molar-refractivity contribution in [2.24, 2.45) is 0 Å². The topological polar surface area (TPSA) is 85.8 Å². The zero-order valence-electron chi connectivity index (χ0n) is 17.5. The Kier molecular flexibility index (Phi) is 5.95. The standard InChI is InChI=1S/C21H23F3N4O4/c1-20(2)31-15-11-28(19(29)30-12-13-6-4-3-5-7-13)10-14(17(15)32-20)26-16-8-9-25-18(27-16)21(22,23)24/h3-9,14-15,17H,10-12H2,1-2H3,(H,25,26,27)/t14-,15-,17+/m0/s1. The lowest BCUT2D eigenvalue weighted by atomic mass is 10.00. The minimum absolute atomic E-state index is 0.0242. The minimum atomic E-state index is -4.67. The van der Waals surface area contributed by atoms with Crippen molar-refractivity contribution in [1.82, 2.24) is 14.9 Å². The monoisotopic (exact) mass is 452 g/mol. The summed E-state index contributed by atoms with van der Waals surface area (Å²) in [5.74, 6) is -2.18. The van der Waals surface area contributed by atoms with Crippen LogP contribution in [0.1, 0.15) is 25.2 Å². The molecule has 1 aromatic heterocycles. The van der Waals surface area contributed by atoms with E-state index in [0.29, 0.717) is 0 Å². The van der Waals surface area contributed by atoms with Gasteiger partial charge >= 0.3 is 12.3 Å². The van der Waals surface area contributed by atoms with Crippen LogP contribution in [0.15, 0.2) is 42.6 Å². The predicted octanol–water partition coefficient (Wildman–Crippen LogP) is 3.45. The van der Waals surface area contributed by atoms with Gasteiger partial charge in [-0.25, -0.2) is 14.8 Å². The van der Waals surface area contributed by atoms with Gasteiger partial charge in [0.05, 0.1) is 12.6 Å². The highest BCUT2D eigenvalue weighted by Gasteiger charge is 2.50. The summed E-state index contributed by atoms with van der Waals surface area (Å²) in [6.45, 7) is 3.96. The van der Waals surface area contributed by atoms with Crippen LogP contribution in [0.3, 0.4) is 0 Å². The largest absolute Gasteiger partial charge is 0.451 e. The molecule has 4 rings (SSSR count). The van der Waals surface area contributed by atoms with Crippen LogP contribution in [0.5, 0.6) is 0 Å². The molecule has 0 aliphatic carbocycles. The number of likely N-dealkylation sites (tertiary alicyclic amines) is 1. The van der Waals surface area contributed by atoms with Crippen molar-refractivity contribution in [1.29, 1.82) is 0 Å². The highest BCUT2D eigenvalue weighted by molar-refractivity contribution is 5.68. The molecule has 0 radical (unpaired) electrons. The van der Waals surface area contributed by atoms with E-state index in [-0.39, 0.29) is 25.5 Å². The van der Waals surface area contributed by atoms with Crippen molar-refractivity contribution >= 4 is 11.9 Å². The van der Waals surface area contributed by atoms with Crippen molar-refractivity contribution in [3.05, 3.63) is 54.0 Å². The lowest BCUT2D eigenvalue weighted by Gasteiger charge is -2.38. The molecular formula is C21H23F3N4O4. The minimum Gasteiger partial charge on any atom is -0.445 e. The van der Waals surface area contributed by atoms with Crippen LogP contribution in [-0.2, 0) is 27.0 Å². The molecule has 32 heavy (non-hydrogen) atoms. The number of rotatable bonds is 4. The van der Waals surface area contributed by atoms with Crippen molar-refractivity contribution in [3.8, 4) is 0 Å². The summed E-state index contributed by atoms with van der Waals surface area (Å²) in [6.07, 6.45) is -5.17. The van der Waals surface area contributed by atoms with Gasteiger partial charge < -0.3 is 24.4 Å². The van der Waals surface area contributed by atoms with Crippen molar-refractivity contribution < 1.29 is 32.2 Å². The van der Waals surface area contributed by atoms with Gasteiger partial charge in [-0.2, -0.15) is 13.2 Å². The number of piperidine rings is 1. The summed E-state index contributed by atoms with van der Waals surface area (Å²) in [4.78, 5) is 21.0. The summed E-state index contributed by atoms with van der Waals surface area (Å²) in [7, 11) is 0. The molecule has 2 saturated heterocycles. The molecule has 3 heterocycles. The van der Waals surface area contributed by atoms with Gasteiger partial charge in [0.2, 0.25) is 5.82 Å². The molecule has 2 aliphatic heterocycles. The van der Waals surface area contributed by atoms with E-state index in [4.69, 9.17) is 14.2 Å². The summed E-state index contributed by atoms with van der Waals surface area (Å²) >= 11 is 0. The third-order valence-electron chi connectivity index (χ3n) is 5.14. The molecule has 2 aliphatic rings. The first-order valence-electron chi connectivity index (χ1n) is 10.1. The summed E-state index contributed by atoms with van der Waals surface area (Å²) < 4.78 is 56.3. The molecule has 2 aromatic rings. The molecule has 1 aromatic carbocycles. The highest BCUT2D eigenvalue weighted by Crippen LogP contribution is 2.35. The van der Waals surface area contributed by atoms with Gasteiger partial charge in [-0.15, -0.1) is 0 Å². The number of benzene rings is 1. The Hall–Kier alpha value is -2.92. The number of aromatic nitrogens is 2. The molecule has 0 unspecified atom stereocenters. The van der Waals surface area contributed by atoms with Gasteiger partial charge in [-0.05, 0) is 25.5 Å². The summed E-state index contributed by atoms with van der Waals surface area (Å²) in [6, 6.07) is 9.99. The van der Waals surface area contributed by atoms with Crippen LogP contribution in [-0.4, -0.2) is 58.1 Å². The normalized spacial score (nSPS) is 24.7. The fraction of sp³-hybridized carbons (Fsp3) is 0.476. The molecular weight excluding hydrogens is 429 g/mol. The third kappa shape index (κ3) is 5.10. The molecule has 172 valence electrons. The van der Waals surface area contributed by atoms with E-state index < -0.39 is 42.1 Å². The zero-order chi connectivity index (χ0) is 22.9. The van der Waals surface area contributed by atoms with E-state index in [1.807, 2.05) is 30.3 Å². The number of hydrogen-bond acceptors (Lipinski definition) is 7. The van der Waals surface area contributed by atoms with E-state index in [1.165, 1.54) is 11.0 Å². The average Bonchev–Trinajstić information content (AvgIpc) is 3.06. The molecule has 0 saturated carbocycles. The average molecular weight is 452 g/mol. The first-order chi connectivity index (χ1) is 15.1. The molecule has 0 bridgehead atoms. The van der Waals surface area contributed by atoms with Gasteiger partial charge in [-0.1, -0.05) is 30.3 Å². The maximum atomic E-state index is 13.0. The first-order valence-corrected chi connectivity index (χ1v) is 10.1. The fourth-order valence-electron chi connectivity index (χ4n) is 3.83. The maximum absolute atomic E-state index is 13.0. The molecule has 1 N–H and O–H groups in total. The van der Waals surface area contributed by atoms with Crippen LogP contribution >= 0.6 is 0 Å². The summed E-state index contributed by atoms with van der Waals surface area (Å²) in [5, 5.41) is 2.96. The second-order valence-corrected chi connectivity index (χ2v) is 8.10. The maximum Gasteiger partial charge on any atom is 0.451 e. The van der Waals surface area contributed by atoms with Crippen LogP contribution in [0, 0.1) is 0 Å². The van der Waals surface area contributed by atoms with E-state index >= 15 is 0 Å². The Morgan fingerprint density at radius 2 is 1.97 bits per heavy atom. The number of halogens is 3. The smallest absolute Gasteiger partial charge is 0.445 e. The molecule has 11 heteroatoms. The molecule has 1 amide bonds. The fourth-order valence-corrected chi connectivity index (χ4v) is 3.83. The number of anilines is 1. The van der Waals surface area contributed by atoms with E-state index in [0.717, 1.165) is 11.8 Å². The number of ether oxygens (including phenoxy) is 3. The molecule has 3 atom stereocenters. The Labute approximate surface area is 182 Å². The third-order valence-corrected chi connectivity index (χ3v) is 5.14. The number of carbonyl (C=O) groups excluding carboxylic acids is 1. The van der Waals surface area contributed by atoms with E-state index in [1.54, 1.807) is 13.8 Å². The van der Waals surface area contributed by atoms with Gasteiger partial charge in [0.1, 0.15) is 24.6 Å². The van der Waals surface area contributed by atoms with Gasteiger partial charge in [0.15, 0.2) is 5.79 Å². The molecule has 2 fully saturated rings. The van der Waals surface area contributed by atoms with Crippen LogP contribution < -0.4 is 5.32 Å². The van der Waals surface area contributed by atoms with Crippen LogP contribution in [0.25, 0.3) is 0 Å². The summed E-state index contributed by atoms with van der Waals surface area (Å²) in [5.41, 5.74) is 0.840. The van der Waals surface area contributed by atoms with Crippen molar-refractivity contribution in [3.63, 3.8) is 0 Å². The van der Waals surface area contributed by atoms with Gasteiger partial charge in [-0.3, -0.25) is 0 Å². The lowest BCUT2D eigenvalue weighted by Crippen LogP contribution is -2.58. The molecule has 0 spiro atoms. The first kappa shape index (κ1) is 22.3. The van der Waals surface area contributed by atoms with E-state index in [2.05, 4.69) is 15.3 Å². The molecule has 8 nitrogen and oxygen atoms in total. The van der Waals surface area contributed by atoms with Gasteiger partial charge in [0.25, 0.3) is 0 Å². The number of hydrogen-bond donors (Lipinski definition) is 1. The predicted molar refractivity (Wildman–Crippen MR) is 106 cm³/mol. The Morgan fingerprint density at radius 3 is 2.69 bits per heavy atom. The van der Waals surface area contributed by atoms with Crippen LogP contribution in [0.4, 0.5) is 23.8 Å². The number of nitrogens with zero attached hydrogens (tertiary/aromatic N) is 3. The second kappa shape index (κ2) is 8.55. The highest BCUT2D eigenvalue weighted by atomic mass is 19.4. The number of fused-ring (bicyclic) bond motifs is 1. The van der Waals surface area contributed by atoms with Crippen molar-refractivity contribution in [2.45, 2.75) is 50.7 Å². The number of amides is 1. The number of carbonyl (C=O) groups is 1. The van der Waals surface area contributed by atoms with Crippen molar-refractivity contribution in [2.75, 3.05) is 18.4 Å². The van der Waals surface area contributed by atoms with Crippen LogP contribution in [0.2, 0.25) is 0 Å². The number of nitrogens with one attached hydrogen (secondary N) is 1. The Morgan fingerprint density at radius 1 is 1.22 bits per heavy atom. The lowest BCUT2D eigenvalue weighted by molar-refractivity contribution is -0.145.